The number of aryl methyl sites for hydroxylation is 1. The van der Waals surface area contributed by atoms with Crippen molar-refractivity contribution in [2.75, 3.05) is 0 Å². The van der Waals surface area contributed by atoms with Crippen molar-refractivity contribution in [1.29, 1.82) is 0 Å². The van der Waals surface area contributed by atoms with Crippen LogP contribution in [0.15, 0.2) is 72.9 Å². The lowest BCUT2D eigenvalue weighted by Gasteiger charge is -2.13. The van der Waals surface area contributed by atoms with E-state index < -0.39 is 5.97 Å². The van der Waals surface area contributed by atoms with E-state index in [4.69, 9.17) is 10.1 Å². The maximum absolute atomic E-state index is 11.8. The van der Waals surface area contributed by atoms with Crippen LogP contribution in [0.25, 0.3) is 38.9 Å². The van der Waals surface area contributed by atoms with Gasteiger partial charge in [0.2, 0.25) is 5.91 Å². The smallest absolute Gasteiger partial charge is 0.303 e. The van der Waals surface area contributed by atoms with Gasteiger partial charge in [-0.1, -0.05) is 54.6 Å². The number of aromatic nitrogens is 4. The molecule has 0 saturated heterocycles. The van der Waals surface area contributed by atoms with Crippen molar-refractivity contribution in [3.05, 3.63) is 84.3 Å². The summed E-state index contributed by atoms with van der Waals surface area (Å²) in [6, 6.07) is 22.0. The second-order valence-electron chi connectivity index (χ2n) is 8.31. The molecule has 3 aromatic heterocycles. The summed E-state index contributed by atoms with van der Waals surface area (Å²) < 4.78 is 1.96. The number of rotatable bonds is 7. The van der Waals surface area contributed by atoms with Crippen molar-refractivity contribution in [3.63, 3.8) is 0 Å². The van der Waals surface area contributed by atoms with Crippen molar-refractivity contribution in [1.82, 2.24) is 24.9 Å². The fraction of sp³-hybridized carbons (Fsp3) is 0.148. The molecule has 0 fully saturated rings. The van der Waals surface area contributed by atoms with Gasteiger partial charge in [0, 0.05) is 35.7 Å². The Morgan fingerprint density at radius 1 is 0.943 bits per heavy atom. The molecular formula is C27H23N5O3. The van der Waals surface area contributed by atoms with Gasteiger partial charge < -0.3 is 10.4 Å². The van der Waals surface area contributed by atoms with E-state index in [1.165, 1.54) is 0 Å². The Kier molecular flexibility index (Phi) is 5.93. The SMILES string of the molecule is Cc1nnc2c3cc(-c4ccccc4)c(-c4ccc(CNC(=O)CCC(=O)O)cc4)nc3ccn12. The maximum atomic E-state index is 11.8. The lowest BCUT2D eigenvalue weighted by Crippen LogP contribution is -2.23. The Labute approximate surface area is 201 Å². The van der Waals surface area contributed by atoms with Crippen molar-refractivity contribution < 1.29 is 14.7 Å². The molecule has 3 heterocycles. The van der Waals surface area contributed by atoms with Crippen LogP contribution < -0.4 is 5.32 Å². The number of hydrogen-bond donors (Lipinski definition) is 2. The minimum Gasteiger partial charge on any atom is -0.481 e. The molecule has 8 nitrogen and oxygen atoms in total. The number of carboxylic acids is 1. The topological polar surface area (TPSA) is 109 Å². The van der Waals surface area contributed by atoms with Gasteiger partial charge in [0.25, 0.3) is 0 Å². The molecule has 35 heavy (non-hydrogen) atoms. The molecule has 0 aliphatic rings. The zero-order valence-corrected chi connectivity index (χ0v) is 19.1. The molecule has 0 saturated carbocycles. The number of nitrogens with one attached hydrogen (secondary N) is 1. The number of nitrogens with zero attached hydrogens (tertiary/aromatic N) is 4. The monoisotopic (exact) mass is 465 g/mol. The van der Waals surface area contributed by atoms with Crippen LogP contribution in [-0.2, 0) is 16.1 Å². The van der Waals surface area contributed by atoms with Gasteiger partial charge in [-0.25, -0.2) is 4.98 Å². The summed E-state index contributed by atoms with van der Waals surface area (Å²) in [5.41, 5.74) is 6.34. The zero-order valence-electron chi connectivity index (χ0n) is 19.1. The van der Waals surface area contributed by atoms with E-state index in [1.54, 1.807) is 0 Å². The van der Waals surface area contributed by atoms with Crippen LogP contribution in [0.5, 0.6) is 0 Å². The Bertz CT molecular complexity index is 1540. The molecule has 0 aliphatic carbocycles. The van der Waals surface area contributed by atoms with E-state index in [2.05, 4.69) is 33.7 Å². The fourth-order valence-corrected chi connectivity index (χ4v) is 4.06. The molecule has 0 spiro atoms. The third-order valence-corrected chi connectivity index (χ3v) is 5.91. The van der Waals surface area contributed by atoms with Crippen LogP contribution in [0.3, 0.4) is 0 Å². The zero-order chi connectivity index (χ0) is 24.4. The Morgan fingerprint density at radius 3 is 2.46 bits per heavy atom. The van der Waals surface area contributed by atoms with Crippen molar-refractivity contribution in [2.45, 2.75) is 26.3 Å². The van der Waals surface area contributed by atoms with Crippen LogP contribution in [0, 0.1) is 6.92 Å². The number of benzene rings is 2. The third kappa shape index (κ3) is 4.59. The molecule has 0 atom stereocenters. The van der Waals surface area contributed by atoms with Crippen molar-refractivity contribution in [3.8, 4) is 22.4 Å². The summed E-state index contributed by atoms with van der Waals surface area (Å²) in [7, 11) is 0. The van der Waals surface area contributed by atoms with Gasteiger partial charge in [-0.2, -0.15) is 0 Å². The molecule has 0 radical (unpaired) electrons. The third-order valence-electron chi connectivity index (χ3n) is 5.91. The Morgan fingerprint density at radius 2 is 1.71 bits per heavy atom. The molecule has 5 rings (SSSR count). The summed E-state index contributed by atoms with van der Waals surface area (Å²) in [5.74, 6) is -0.451. The first-order valence-electron chi connectivity index (χ1n) is 11.3. The van der Waals surface area contributed by atoms with E-state index in [0.29, 0.717) is 6.54 Å². The number of fused-ring (bicyclic) bond motifs is 3. The van der Waals surface area contributed by atoms with Gasteiger partial charge in [-0.05, 0) is 30.2 Å². The normalized spacial score (nSPS) is 11.1. The van der Waals surface area contributed by atoms with Crippen LogP contribution in [-0.4, -0.2) is 36.6 Å². The van der Waals surface area contributed by atoms with E-state index in [-0.39, 0.29) is 18.7 Å². The molecule has 2 aromatic carbocycles. The average molecular weight is 466 g/mol. The molecule has 2 N–H and O–H groups in total. The number of carbonyl (C=O) groups is 2. The fourth-order valence-electron chi connectivity index (χ4n) is 4.06. The van der Waals surface area contributed by atoms with Gasteiger partial charge in [-0.15, -0.1) is 10.2 Å². The van der Waals surface area contributed by atoms with E-state index in [0.717, 1.165) is 50.3 Å². The predicted octanol–water partition coefficient (Wildman–Crippen LogP) is 4.40. The first-order chi connectivity index (χ1) is 17.0. The summed E-state index contributed by atoms with van der Waals surface area (Å²) >= 11 is 0. The van der Waals surface area contributed by atoms with E-state index >= 15 is 0 Å². The van der Waals surface area contributed by atoms with Gasteiger partial charge in [0.05, 0.1) is 17.6 Å². The molecule has 0 unspecified atom stereocenters. The standard InChI is InChI=1S/C27H23N5O3/c1-17-30-31-27-22-15-21(19-5-3-2-4-6-19)26(29-23(22)13-14-32(17)27)20-9-7-18(8-10-20)16-28-24(33)11-12-25(34)35/h2-10,13-15H,11-12,16H2,1H3,(H,28,33)(H,34,35). The van der Waals surface area contributed by atoms with E-state index in [9.17, 15) is 9.59 Å². The predicted molar refractivity (Wildman–Crippen MR) is 133 cm³/mol. The van der Waals surface area contributed by atoms with Crippen LogP contribution >= 0.6 is 0 Å². The minimum absolute atomic E-state index is 0.0340. The number of hydrogen-bond acceptors (Lipinski definition) is 5. The van der Waals surface area contributed by atoms with Gasteiger partial charge in [0.1, 0.15) is 5.82 Å². The average Bonchev–Trinajstić information content (AvgIpc) is 3.27. The number of aliphatic carboxylic acids is 1. The second kappa shape index (κ2) is 9.34. The van der Waals surface area contributed by atoms with Crippen LogP contribution in [0.2, 0.25) is 0 Å². The highest BCUT2D eigenvalue weighted by Gasteiger charge is 2.15. The molecule has 0 bridgehead atoms. The highest BCUT2D eigenvalue weighted by Crippen LogP contribution is 2.34. The molecule has 5 aromatic rings. The largest absolute Gasteiger partial charge is 0.481 e. The van der Waals surface area contributed by atoms with Crippen molar-refractivity contribution in [2.24, 2.45) is 0 Å². The molecule has 174 valence electrons. The quantitative estimate of drug-likeness (QED) is 0.369. The first kappa shape index (κ1) is 22.2. The number of pyridine rings is 2. The maximum Gasteiger partial charge on any atom is 0.303 e. The molecular weight excluding hydrogens is 442 g/mol. The lowest BCUT2D eigenvalue weighted by molar-refractivity contribution is -0.138. The Hall–Kier alpha value is -4.59. The van der Waals surface area contributed by atoms with Crippen LogP contribution in [0.4, 0.5) is 0 Å². The van der Waals surface area contributed by atoms with Gasteiger partial charge in [-0.3, -0.25) is 14.0 Å². The van der Waals surface area contributed by atoms with E-state index in [1.807, 2.05) is 66.1 Å². The summed E-state index contributed by atoms with van der Waals surface area (Å²) in [6.07, 6.45) is 1.72. The highest BCUT2D eigenvalue weighted by atomic mass is 16.4. The highest BCUT2D eigenvalue weighted by molar-refractivity contribution is 5.98. The van der Waals surface area contributed by atoms with Gasteiger partial charge in [0.15, 0.2) is 5.65 Å². The lowest BCUT2D eigenvalue weighted by atomic mass is 9.97. The Balaban J connectivity index is 1.51. The van der Waals surface area contributed by atoms with Crippen LogP contribution in [0.1, 0.15) is 24.2 Å². The number of carbonyl (C=O) groups excluding carboxylic acids is 1. The van der Waals surface area contributed by atoms with Crippen molar-refractivity contribution >= 4 is 28.4 Å². The summed E-state index contributed by atoms with van der Waals surface area (Å²) in [4.78, 5) is 27.5. The summed E-state index contributed by atoms with van der Waals surface area (Å²) in [5, 5.41) is 21.0. The molecule has 1 amide bonds. The second-order valence-corrected chi connectivity index (χ2v) is 8.31. The number of carboxylic acid groups (broad SMARTS) is 1. The van der Waals surface area contributed by atoms with Gasteiger partial charge >= 0.3 is 5.97 Å². The number of amides is 1. The minimum atomic E-state index is -0.985. The molecule has 0 aliphatic heterocycles. The summed E-state index contributed by atoms with van der Waals surface area (Å²) in [6.45, 7) is 2.25. The first-order valence-corrected chi connectivity index (χ1v) is 11.3. The molecule has 8 heteroatoms.